The molecule has 4 aromatic rings. The molecule has 0 spiro atoms. The molecule has 1 aliphatic rings. The quantitative estimate of drug-likeness (QED) is 0.387. The second-order valence-electron chi connectivity index (χ2n) is 8.37. The molecule has 5 rings (SSSR count). The van der Waals surface area contributed by atoms with Crippen LogP contribution in [0.25, 0.3) is 5.69 Å². The Morgan fingerprint density at radius 2 is 1.89 bits per heavy atom. The van der Waals surface area contributed by atoms with Crippen LogP contribution >= 0.6 is 0 Å². The largest absolute Gasteiger partial charge is 0.381 e. The van der Waals surface area contributed by atoms with Crippen LogP contribution in [0.5, 0.6) is 0 Å². The first-order valence-electron chi connectivity index (χ1n) is 10.9. The van der Waals surface area contributed by atoms with E-state index in [0.717, 1.165) is 17.0 Å². The van der Waals surface area contributed by atoms with Crippen molar-refractivity contribution >= 4 is 11.7 Å². The van der Waals surface area contributed by atoms with E-state index in [9.17, 15) is 23.8 Å². The van der Waals surface area contributed by atoms with Gasteiger partial charge < -0.3 is 15.1 Å². The van der Waals surface area contributed by atoms with Gasteiger partial charge in [-0.2, -0.15) is 5.10 Å². The number of amides is 2. The highest BCUT2D eigenvalue weighted by atomic mass is 19.1. The molecule has 3 atom stereocenters. The minimum Gasteiger partial charge on any atom is -0.381 e. The van der Waals surface area contributed by atoms with Crippen LogP contribution in [0.15, 0.2) is 61.4 Å². The first kappa shape index (κ1) is 23.4. The number of carbonyl (C=O) groups excluding carboxylic acids is 1. The molecule has 36 heavy (non-hydrogen) atoms. The molecule has 2 amide bonds. The monoisotopic (exact) mass is 497 g/mol. The second-order valence-corrected chi connectivity index (χ2v) is 8.37. The van der Waals surface area contributed by atoms with E-state index in [1.54, 1.807) is 24.3 Å². The van der Waals surface area contributed by atoms with Gasteiger partial charge in [0.05, 0.1) is 24.8 Å². The van der Waals surface area contributed by atoms with E-state index in [4.69, 9.17) is 0 Å². The summed E-state index contributed by atoms with van der Waals surface area (Å²) in [6.45, 7) is 1.07. The number of carbonyl (C=O) groups is 1. The molecule has 2 aromatic carbocycles. The molecule has 14 heteroatoms. The second kappa shape index (κ2) is 9.05. The van der Waals surface area contributed by atoms with Gasteiger partial charge in [-0.15, -0.1) is 5.10 Å². The van der Waals surface area contributed by atoms with Crippen molar-refractivity contribution in [2.45, 2.75) is 31.3 Å². The Morgan fingerprint density at radius 3 is 2.53 bits per heavy atom. The zero-order valence-corrected chi connectivity index (χ0v) is 18.9. The predicted octanol–water partition coefficient (Wildman–Crippen LogP) is 1.07. The third-order valence-corrected chi connectivity index (χ3v) is 6.28. The molecule has 3 heterocycles. The Hall–Kier alpha value is -4.30. The third-order valence-electron chi connectivity index (χ3n) is 6.28. The van der Waals surface area contributed by atoms with Crippen molar-refractivity contribution in [1.82, 2.24) is 39.9 Å². The fraction of sp³-hybridized carbons (Fsp3) is 0.273. The summed E-state index contributed by atoms with van der Waals surface area (Å²) in [5.41, 5.74) is -1.23. The van der Waals surface area contributed by atoms with Crippen molar-refractivity contribution in [3.05, 3.63) is 78.6 Å². The van der Waals surface area contributed by atoms with Gasteiger partial charge in [0.15, 0.2) is 6.23 Å². The summed E-state index contributed by atoms with van der Waals surface area (Å²) >= 11 is 0. The standard InChI is InChI=1S/C22H21F2N9O3/c1-14(22(36,10-30-12-25-11-27-30)18-7-2-15(23)8-19(18)24)31-9-20(34)33(21(31)35)17-5-3-16(4-6-17)32-13-26-28-29-32/h2-8,11-14,20,34,36H,9-10H2,1H3/t14-,20-,22-/m1/s1. The number of anilines is 1. The topological polar surface area (TPSA) is 138 Å². The minimum atomic E-state index is -2.04. The number of aromatic nitrogens is 7. The summed E-state index contributed by atoms with van der Waals surface area (Å²) in [5.74, 6) is -1.79. The molecule has 0 unspecified atom stereocenters. The van der Waals surface area contributed by atoms with E-state index in [2.05, 4.69) is 25.6 Å². The Labute approximate surface area is 203 Å². The van der Waals surface area contributed by atoms with Gasteiger partial charge in [-0.25, -0.2) is 27.9 Å². The number of β-amino-alcohol motifs (C(OH)–C–C–N with tert-alkyl or cyclic N) is 1. The molecule has 2 aromatic heterocycles. The number of nitrogens with zero attached hydrogens (tertiary/aromatic N) is 9. The summed E-state index contributed by atoms with van der Waals surface area (Å²) in [4.78, 5) is 19.7. The van der Waals surface area contributed by atoms with Gasteiger partial charge >= 0.3 is 6.03 Å². The molecule has 186 valence electrons. The maximum Gasteiger partial charge on any atom is 0.327 e. The van der Waals surface area contributed by atoms with Crippen LogP contribution in [-0.4, -0.2) is 74.9 Å². The highest BCUT2D eigenvalue weighted by molar-refractivity contribution is 5.95. The van der Waals surface area contributed by atoms with Crippen LogP contribution in [0.4, 0.5) is 19.3 Å². The van der Waals surface area contributed by atoms with Gasteiger partial charge in [0.25, 0.3) is 0 Å². The molecule has 1 saturated heterocycles. The number of aliphatic hydroxyl groups is 2. The van der Waals surface area contributed by atoms with Gasteiger partial charge in [-0.1, -0.05) is 6.07 Å². The zero-order valence-electron chi connectivity index (χ0n) is 18.9. The van der Waals surface area contributed by atoms with Gasteiger partial charge in [0, 0.05) is 17.3 Å². The fourth-order valence-electron chi connectivity index (χ4n) is 4.36. The van der Waals surface area contributed by atoms with Crippen molar-refractivity contribution in [1.29, 1.82) is 0 Å². The van der Waals surface area contributed by atoms with Crippen molar-refractivity contribution in [3.8, 4) is 5.69 Å². The first-order chi connectivity index (χ1) is 17.3. The summed E-state index contributed by atoms with van der Waals surface area (Å²) in [5, 5.41) is 37.5. The van der Waals surface area contributed by atoms with Crippen molar-refractivity contribution in [2.24, 2.45) is 0 Å². The normalized spacial score (nSPS) is 18.5. The van der Waals surface area contributed by atoms with E-state index < -0.39 is 35.5 Å². The number of tetrazole rings is 1. The SMILES string of the molecule is C[C@@H](N1C[C@@H](O)N(c2ccc(-n3cnnn3)cc2)C1=O)[C@](O)(Cn1cncn1)c1ccc(F)cc1F. The van der Waals surface area contributed by atoms with E-state index in [1.165, 1.54) is 40.2 Å². The van der Waals surface area contributed by atoms with Crippen LogP contribution in [0.1, 0.15) is 12.5 Å². The molecule has 0 saturated carbocycles. The van der Waals surface area contributed by atoms with E-state index in [1.807, 2.05) is 0 Å². The average molecular weight is 497 g/mol. The smallest absolute Gasteiger partial charge is 0.327 e. The van der Waals surface area contributed by atoms with Crippen LogP contribution < -0.4 is 4.90 Å². The zero-order chi connectivity index (χ0) is 25.4. The lowest BCUT2D eigenvalue weighted by Gasteiger charge is -2.39. The number of urea groups is 1. The molecule has 2 N–H and O–H groups in total. The van der Waals surface area contributed by atoms with Gasteiger partial charge in [-0.05, 0) is 47.7 Å². The van der Waals surface area contributed by atoms with Crippen LogP contribution in [-0.2, 0) is 12.1 Å². The average Bonchev–Trinajstić information content (AvgIpc) is 3.61. The summed E-state index contributed by atoms with van der Waals surface area (Å²) in [7, 11) is 0. The summed E-state index contributed by atoms with van der Waals surface area (Å²) in [6.07, 6.45) is 2.75. The van der Waals surface area contributed by atoms with Crippen LogP contribution in [0.3, 0.4) is 0 Å². The van der Waals surface area contributed by atoms with E-state index in [0.29, 0.717) is 17.4 Å². The predicted molar refractivity (Wildman–Crippen MR) is 119 cm³/mol. The van der Waals surface area contributed by atoms with E-state index in [-0.39, 0.29) is 18.7 Å². The van der Waals surface area contributed by atoms with Crippen molar-refractivity contribution < 1.29 is 23.8 Å². The van der Waals surface area contributed by atoms with Gasteiger partial charge in [-0.3, -0.25) is 4.90 Å². The lowest BCUT2D eigenvalue weighted by atomic mass is 9.85. The Kier molecular flexibility index (Phi) is 5.89. The highest BCUT2D eigenvalue weighted by Gasteiger charge is 2.48. The third kappa shape index (κ3) is 4.05. The lowest BCUT2D eigenvalue weighted by Crippen LogP contribution is -2.53. The van der Waals surface area contributed by atoms with Crippen LogP contribution in [0, 0.1) is 11.6 Å². The molecular formula is C22H21F2N9O3. The number of aliphatic hydroxyl groups excluding tert-OH is 1. The maximum atomic E-state index is 14.9. The minimum absolute atomic E-state index is 0.169. The van der Waals surface area contributed by atoms with Crippen LogP contribution in [0.2, 0.25) is 0 Å². The van der Waals surface area contributed by atoms with Crippen molar-refractivity contribution in [2.75, 3.05) is 11.4 Å². The maximum absolute atomic E-state index is 14.9. The van der Waals surface area contributed by atoms with Crippen molar-refractivity contribution in [3.63, 3.8) is 0 Å². The fourth-order valence-corrected chi connectivity index (χ4v) is 4.36. The summed E-state index contributed by atoms with van der Waals surface area (Å²) in [6, 6.07) is 7.73. The molecular weight excluding hydrogens is 476 g/mol. The molecule has 1 fully saturated rings. The Bertz CT molecular complexity index is 1350. The van der Waals surface area contributed by atoms with E-state index >= 15 is 0 Å². The number of halogens is 2. The number of benzene rings is 2. The molecule has 12 nitrogen and oxygen atoms in total. The summed E-state index contributed by atoms with van der Waals surface area (Å²) < 4.78 is 31.2. The lowest BCUT2D eigenvalue weighted by molar-refractivity contribution is -0.0506. The number of rotatable bonds is 7. The number of hydrogen-bond acceptors (Lipinski definition) is 8. The Balaban J connectivity index is 1.46. The highest BCUT2D eigenvalue weighted by Crippen LogP contribution is 2.36. The molecule has 1 aliphatic heterocycles. The molecule has 0 aliphatic carbocycles. The number of hydrogen-bond donors (Lipinski definition) is 2. The Morgan fingerprint density at radius 1 is 1.14 bits per heavy atom. The molecule has 0 radical (unpaired) electrons. The van der Waals surface area contributed by atoms with Gasteiger partial charge in [0.1, 0.15) is 36.2 Å². The molecule has 0 bridgehead atoms. The first-order valence-corrected chi connectivity index (χ1v) is 10.9. The van der Waals surface area contributed by atoms with Gasteiger partial charge in [0.2, 0.25) is 0 Å².